The molecule has 0 fully saturated rings. The number of phenols is 1. The Morgan fingerprint density at radius 2 is 1.56 bits per heavy atom. The van der Waals surface area contributed by atoms with Crippen molar-refractivity contribution in [3.8, 4) is 5.75 Å². The van der Waals surface area contributed by atoms with Crippen LogP contribution in [-0.4, -0.2) is 30.9 Å². The van der Waals surface area contributed by atoms with Gasteiger partial charge in [0.25, 0.3) is 0 Å². The minimum absolute atomic E-state index is 0.0624. The summed E-state index contributed by atoms with van der Waals surface area (Å²) in [4.78, 5) is 23.6. The highest BCUT2D eigenvalue weighted by Crippen LogP contribution is 2.22. The van der Waals surface area contributed by atoms with E-state index < -0.39 is 12.1 Å². The molecule has 0 spiro atoms. The lowest BCUT2D eigenvalue weighted by atomic mass is 10.1. The van der Waals surface area contributed by atoms with E-state index in [0.717, 1.165) is 19.3 Å². The number of esters is 1. The molecule has 152 valence electrons. The third-order valence-electron chi connectivity index (χ3n) is 4.38. The highest BCUT2D eigenvalue weighted by molar-refractivity contribution is 6.00. The molecule has 0 aromatic heterocycles. The molecule has 0 unspecified atom stereocenters. The van der Waals surface area contributed by atoms with Gasteiger partial charge in [0, 0.05) is 6.07 Å². The molecule has 0 atom stereocenters. The fraction of sp³-hybridized carbons (Fsp3) is 0.619. The molecule has 2 N–H and O–H groups in total. The van der Waals surface area contributed by atoms with Crippen LogP contribution in [0.4, 0.5) is 10.5 Å². The number of nitrogens with one attached hydrogen (secondary N) is 1. The van der Waals surface area contributed by atoms with Gasteiger partial charge in [-0.15, -0.1) is 0 Å². The molecule has 0 aliphatic rings. The van der Waals surface area contributed by atoms with Crippen molar-refractivity contribution in [2.24, 2.45) is 0 Å². The summed E-state index contributed by atoms with van der Waals surface area (Å²) in [6.07, 6.45) is 11.4. The van der Waals surface area contributed by atoms with Crippen molar-refractivity contribution >= 4 is 17.7 Å². The summed E-state index contributed by atoms with van der Waals surface area (Å²) in [6.45, 7) is 2.55. The van der Waals surface area contributed by atoms with Crippen molar-refractivity contribution < 1.29 is 24.2 Å². The number of hydrogen-bond donors (Lipinski definition) is 2. The van der Waals surface area contributed by atoms with Crippen LogP contribution in [0.25, 0.3) is 0 Å². The SMILES string of the molecule is CCCCCCCCCCCCOC(=O)Nc1cc(O)ccc1C(=O)OC. The van der Waals surface area contributed by atoms with Gasteiger partial charge < -0.3 is 14.6 Å². The van der Waals surface area contributed by atoms with Crippen molar-refractivity contribution in [1.29, 1.82) is 0 Å². The van der Waals surface area contributed by atoms with Crippen molar-refractivity contribution in [1.82, 2.24) is 0 Å². The second-order valence-corrected chi connectivity index (χ2v) is 6.66. The van der Waals surface area contributed by atoms with Crippen molar-refractivity contribution in [3.05, 3.63) is 23.8 Å². The maximum atomic E-state index is 11.9. The van der Waals surface area contributed by atoms with E-state index in [2.05, 4.69) is 17.0 Å². The molecule has 0 bridgehead atoms. The Morgan fingerprint density at radius 1 is 0.963 bits per heavy atom. The average Bonchev–Trinajstić information content (AvgIpc) is 2.65. The molecule has 1 rings (SSSR count). The van der Waals surface area contributed by atoms with Crippen molar-refractivity contribution in [2.45, 2.75) is 71.1 Å². The van der Waals surface area contributed by atoms with E-state index in [4.69, 9.17) is 4.74 Å². The van der Waals surface area contributed by atoms with Gasteiger partial charge in [0.1, 0.15) is 5.75 Å². The van der Waals surface area contributed by atoms with E-state index in [9.17, 15) is 14.7 Å². The average molecular weight is 379 g/mol. The Balaban J connectivity index is 2.18. The fourth-order valence-corrected chi connectivity index (χ4v) is 2.82. The molecule has 27 heavy (non-hydrogen) atoms. The molecule has 1 aromatic rings. The van der Waals surface area contributed by atoms with Crippen LogP contribution in [0.5, 0.6) is 5.75 Å². The lowest BCUT2D eigenvalue weighted by Gasteiger charge is -2.11. The third kappa shape index (κ3) is 9.87. The van der Waals surface area contributed by atoms with E-state index in [1.807, 2.05) is 0 Å². The van der Waals surface area contributed by atoms with Gasteiger partial charge in [-0.05, 0) is 18.6 Å². The molecule has 0 aliphatic carbocycles. The number of hydrogen-bond acceptors (Lipinski definition) is 5. The zero-order valence-corrected chi connectivity index (χ0v) is 16.6. The number of anilines is 1. The monoisotopic (exact) mass is 379 g/mol. The van der Waals surface area contributed by atoms with Gasteiger partial charge in [-0.3, -0.25) is 5.32 Å². The summed E-state index contributed by atoms with van der Waals surface area (Å²) in [5.74, 6) is -0.660. The van der Waals surface area contributed by atoms with Gasteiger partial charge in [-0.2, -0.15) is 0 Å². The fourth-order valence-electron chi connectivity index (χ4n) is 2.82. The number of ether oxygens (including phenoxy) is 2. The van der Waals surface area contributed by atoms with Crippen LogP contribution in [0.1, 0.15) is 81.5 Å². The van der Waals surface area contributed by atoms with Crippen LogP contribution in [-0.2, 0) is 9.47 Å². The van der Waals surface area contributed by atoms with Gasteiger partial charge in [0.2, 0.25) is 0 Å². The minimum atomic E-state index is -0.651. The summed E-state index contributed by atoms with van der Waals surface area (Å²) in [5, 5.41) is 12.0. The normalized spacial score (nSPS) is 10.4. The van der Waals surface area contributed by atoms with Gasteiger partial charge in [0.05, 0.1) is 25.0 Å². The molecular weight excluding hydrogens is 346 g/mol. The molecule has 0 aliphatic heterocycles. The van der Waals surface area contributed by atoms with Crippen LogP contribution in [0.2, 0.25) is 0 Å². The number of rotatable bonds is 13. The molecular formula is C21H33NO5. The first kappa shape index (κ1) is 22.8. The van der Waals surface area contributed by atoms with Gasteiger partial charge >= 0.3 is 12.1 Å². The Morgan fingerprint density at radius 3 is 2.15 bits per heavy atom. The van der Waals surface area contributed by atoms with E-state index in [0.29, 0.717) is 6.61 Å². The maximum Gasteiger partial charge on any atom is 0.411 e. The first-order chi connectivity index (χ1) is 13.1. The molecule has 6 heteroatoms. The Kier molecular flexibility index (Phi) is 11.7. The smallest absolute Gasteiger partial charge is 0.411 e. The Hall–Kier alpha value is -2.24. The number of carbonyl (C=O) groups is 2. The number of carbonyl (C=O) groups excluding carboxylic acids is 2. The summed E-state index contributed by atoms with van der Waals surface area (Å²) in [7, 11) is 1.25. The number of unbranched alkanes of at least 4 members (excludes halogenated alkanes) is 9. The maximum absolute atomic E-state index is 11.9. The number of benzene rings is 1. The zero-order chi connectivity index (χ0) is 19.9. The molecule has 0 radical (unpaired) electrons. The van der Waals surface area contributed by atoms with Crippen LogP contribution in [0, 0.1) is 0 Å². The van der Waals surface area contributed by atoms with E-state index in [-0.39, 0.29) is 17.0 Å². The largest absolute Gasteiger partial charge is 0.508 e. The quantitative estimate of drug-likeness (QED) is 0.342. The predicted octanol–water partition coefficient (Wildman–Crippen LogP) is 5.65. The second-order valence-electron chi connectivity index (χ2n) is 6.66. The number of phenolic OH excluding ortho intramolecular Hbond substituents is 1. The second kappa shape index (κ2) is 13.9. The lowest BCUT2D eigenvalue weighted by molar-refractivity contribution is 0.0602. The number of amides is 1. The van der Waals surface area contributed by atoms with Crippen LogP contribution in [0.15, 0.2) is 18.2 Å². The Bertz CT molecular complexity index is 574. The lowest BCUT2D eigenvalue weighted by Crippen LogP contribution is -2.17. The Labute approximate surface area is 162 Å². The highest BCUT2D eigenvalue weighted by atomic mass is 16.5. The van der Waals surface area contributed by atoms with Gasteiger partial charge in [-0.1, -0.05) is 64.7 Å². The third-order valence-corrected chi connectivity index (χ3v) is 4.38. The van der Waals surface area contributed by atoms with Crippen molar-refractivity contribution in [3.63, 3.8) is 0 Å². The molecule has 6 nitrogen and oxygen atoms in total. The van der Waals surface area contributed by atoms with E-state index in [1.165, 1.54) is 70.3 Å². The summed E-state index contributed by atoms with van der Waals surface area (Å²) >= 11 is 0. The van der Waals surface area contributed by atoms with Gasteiger partial charge in [0.15, 0.2) is 0 Å². The first-order valence-electron chi connectivity index (χ1n) is 9.93. The summed E-state index contributed by atoms with van der Waals surface area (Å²) in [5.41, 5.74) is 0.320. The molecule has 1 amide bonds. The zero-order valence-electron chi connectivity index (χ0n) is 16.6. The standard InChI is InChI=1S/C21H33NO5/c1-3-4-5-6-7-8-9-10-11-12-15-27-21(25)22-19-16-17(23)13-14-18(19)20(24)26-2/h13-14,16,23H,3-12,15H2,1-2H3,(H,22,25). The molecule has 0 saturated heterocycles. The van der Waals surface area contributed by atoms with E-state index >= 15 is 0 Å². The topological polar surface area (TPSA) is 84.9 Å². The number of methoxy groups -OCH3 is 1. The van der Waals surface area contributed by atoms with Crippen LogP contribution >= 0.6 is 0 Å². The molecule has 1 aromatic carbocycles. The molecule has 0 saturated carbocycles. The van der Waals surface area contributed by atoms with Gasteiger partial charge in [-0.25, -0.2) is 9.59 Å². The number of aromatic hydroxyl groups is 1. The van der Waals surface area contributed by atoms with E-state index in [1.54, 1.807) is 0 Å². The molecule has 0 heterocycles. The summed E-state index contributed by atoms with van der Waals surface area (Å²) in [6, 6.07) is 4.03. The minimum Gasteiger partial charge on any atom is -0.508 e. The highest BCUT2D eigenvalue weighted by Gasteiger charge is 2.15. The van der Waals surface area contributed by atoms with Crippen LogP contribution < -0.4 is 5.32 Å². The first-order valence-corrected chi connectivity index (χ1v) is 9.93. The van der Waals surface area contributed by atoms with Crippen molar-refractivity contribution in [2.75, 3.05) is 19.0 Å². The summed E-state index contributed by atoms with van der Waals surface area (Å²) < 4.78 is 9.80. The predicted molar refractivity (Wildman–Crippen MR) is 106 cm³/mol. The van der Waals surface area contributed by atoms with Crippen LogP contribution in [0.3, 0.4) is 0 Å².